The minimum atomic E-state index is 0.398. The molecule has 6 rings (SSSR count). The van der Waals surface area contributed by atoms with Gasteiger partial charge >= 0.3 is 0 Å². The predicted octanol–water partition coefficient (Wildman–Crippen LogP) is 8.07. The summed E-state index contributed by atoms with van der Waals surface area (Å²) in [6.45, 7) is 4.69. The van der Waals surface area contributed by atoms with Crippen LogP contribution in [0.3, 0.4) is 0 Å². The Morgan fingerprint density at radius 2 is 1.94 bits per heavy atom. The van der Waals surface area contributed by atoms with Crippen LogP contribution in [0.2, 0.25) is 5.02 Å². The van der Waals surface area contributed by atoms with Crippen molar-refractivity contribution < 1.29 is 9.15 Å². The van der Waals surface area contributed by atoms with Crippen molar-refractivity contribution in [3.8, 4) is 17.2 Å². The van der Waals surface area contributed by atoms with E-state index in [9.17, 15) is 0 Å². The molecule has 4 heterocycles. The van der Waals surface area contributed by atoms with E-state index >= 15 is 0 Å². The van der Waals surface area contributed by atoms with Gasteiger partial charge in [-0.05, 0) is 54.7 Å². The molecule has 2 aliphatic carbocycles. The Kier molecular flexibility index (Phi) is 6.07. The number of aromatic amines is 1. The van der Waals surface area contributed by atoms with Gasteiger partial charge in [0, 0.05) is 23.5 Å². The summed E-state index contributed by atoms with van der Waals surface area (Å²) < 4.78 is 12.3. The van der Waals surface area contributed by atoms with Crippen LogP contribution < -0.4 is 4.74 Å². The lowest BCUT2D eigenvalue weighted by atomic mass is 9.77. The third-order valence-corrected chi connectivity index (χ3v) is 7.61. The number of hydrogen-bond donors (Lipinski definition) is 1. The third-order valence-electron chi connectivity index (χ3n) is 7.29. The molecule has 4 nitrogen and oxygen atoms in total. The van der Waals surface area contributed by atoms with Crippen LogP contribution in [-0.4, -0.2) is 17.8 Å². The number of halogens is 1. The van der Waals surface area contributed by atoms with E-state index in [4.69, 9.17) is 25.7 Å². The molecule has 1 N–H and O–H groups in total. The van der Waals surface area contributed by atoms with E-state index < -0.39 is 0 Å². The van der Waals surface area contributed by atoms with Gasteiger partial charge in [-0.15, -0.1) is 0 Å². The zero-order valence-corrected chi connectivity index (χ0v) is 20.1. The average Bonchev–Trinajstić information content (AvgIpc) is 3.51. The Morgan fingerprint density at radius 3 is 2.66 bits per heavy atom. The van der Waals surface area contributed by atoms with E-state index in [0.717, 1.165) is 35.7 Å². The maximum Gasteiger partial charge on any atom is 0.175 e. The fourth-order valence-corrected chi connectivity index (χ4v) is 6.05. The van der Waals surface area contributed by atoms with E-state index in [0.29, 0.717) is 28.5 Å². The van der Waals surface area contributed by atoms with Gasteiger partial charge in [0.15, 0.2) is 17.3 Å². The molecule has 0 amide bonds. The Hall–Kier alpha value is -2.20. The second-order valence-electron chi connectivity index (χ2n) is 9.71. The van der Waals surface area contributed by atoms with Crippen molar-refractivity contribution in [1.29, 1.82) is 0 Å². The first-order valence-corrected chi connectivity index (χ1v) is 12.5. The van der Waals surface area contributed by atoms with Gasteiger partial charge in [0.2, 0.25) is 0 Å². The van der Waals surface area contributed by atoms with Crippen LogP contribution in [0.25, 0.3) is 17.0 Å². The fraction of sp³-hybridized carbons (Fsp3) is 0.519. The maximum atomic E-state index is 6.50. The van der Waals surface area contributed by atoms with E-state index in [1.807, 2.05) is 18.3 Å². The van der Waals surface area contributed by atoms with Crippen molar-refractivity contribution in [2.24, 2.45) is 22.7 Å². The standard InChI is InChI=1S/C27H33ClN2O2/c1-16(2)23-18-11-9-7-5-4-6-8-10-17-14-19(23)25(30-17)24(18)27-22(31-3)15-21(32-27)26-20(28)12-13-29-26/h12-16,18,23,29H,4-11H2,1-3H3/t18-,23-/m0/s1. The van der Waals surface area contributed by atoms with Crippen molar-refractivity contribution in [3.05, 3.63) is 46.5 Å². The van der Waals surface area contributed by atoms with Crippen LogP contribution >= 0.6 is 11.6 Å². The van der Waals surface area contributed by atoms with Crippen molar-refractivity contribution in [2.45, 2.75) is 65.2 Å². The zero-order valence-electron chi connectivity index (χ0n) is 19.3. The molecule has 0 saturated carbocycles. The number of ether oxygens (including phenoxy) is 1. The van der Waals surface area contributed by atoms with Crippen LogP contribution in [-0.2, 0) is 0 Å². The Bertz CT molecular complexity index is 1090. The topological polar surface area (TPSA) is 50.5 Å². The van der Waals surface area contributed by atoms with Gasteiger partial charge < -0.3 is 14.1 Å². The number of furan rings is 1. The Balaban J connectivity index is 1.65. The predicted molar refractivity (Wildman–Crippen MR) is 131 cm³/mol. The summed E-state index contributed by atoms with van der Waals surface area (Å²) in [6, 6.07) is 3.80. The largest absolute Gasteiger partial charge is 0.493 e. The molecule has 170 valence electrons. The van der Waals surface area contributed by atoms with E-state index in [1.54, 1.807) is 7.11 Å². The number of aromatic nitrogens is 1. The Morgan fingerprint density at radius 1 is 1.16 bits per heavy atom. The van der Waals surface area contributed by atoms with Gasteiger partial charge in [0.25, 0.3) is 0 Å². The highest BCUT2D eigenvalue weighted by Crippen LogP contribution is 2.56. The molecule has 0 unspecified atom stereocenters. The lowest BCUT2D eigenvalue weighted by Crippen LogP contribution is -2.19. The fourth-order valence-electron chi connectivity index (χ4n) is 5.84. The van der Waals surface area contributed by atoms with Gasteiger partial charge in [-0.25, -0.2) is 0 Å². The quantitative estimate of drug-likeness (QED) is 0.509. The minimum absolute atomic E-state index is 0.398. The highest BCUT2D eigenvalue weighted by Gasteiger charge is 2.44. The molecule has 0 aromatic carbocycles. The lowest BCUT2D eigenvalue weighted by Gasteiger charge is -2.26. The number of nitrogens with zero attached hydrogens (tertiary/aromatic N) is 1. The molecule has 0 radical (unpaired) electrons. The molecule has 2 aromatic rings. The lowest BCUT2D eigenvalue weighted by molar-refractivity contribution is 0.341. The first kappa shape index (κ1) is 21.6. The van der Waals surface area contributed by atoms with E-state index in [2.05, 4.69) is 24.9 Å². The molecule has 2 aromatic heterocycles. The smallest absolute Gasteiger partial charge is 0.175 e. The molecule has 0 saturated heterocycles. The van der Waals surface area contributed by atoms with Crippen LogP contribution in [0.1, 0.15) is 71.0 Å². The molecule has 4 aliphatic rings. The number of fused-ring (bicyclic) bond motifs is 7. The summed E-state index contributed by atoms with van der Waals surface area (Å²) >= 11 is 6.39. The minimum Gasteiger partial charge on any atom is -0.493 e. The molecular weight excluding hydrogens is 420 g/mol. The molecule has 4 bridgehead atoms. The first-order chi connectivity index (χ1) is 15.6. The highest BCUT2D eigenvalue weighted by molar-refractivity contribution is 6.33. The van der Waals surface area contributed by atoms with Crippen molar-refractivity contribution in [1.82, 2.24) is 4.98 Å². The SMILES string of the molecule is COc1cc(-c2[nH]ccc2Cl)oc1C1=C2N=C3C=C2[C@@H](C(C)C)[C@@H]1CCCCCCCC3. The van der Waals surface area contributed by atoms with Gasteiger partial charge in [-0.2, -0.15) is 0 Å². The van der Waals surface area contributed by atoms with Crippen molar-refractivity contribution in [3.63, 3.8) is 0 Å². The number of allylic oxidation sites excluding steroid dienone is 3. The molecule has 2 atom stereocenters. The number of H-pyrrole nitrogens is 1. The molecule has 0 fully saturated rings. The summed E-state index contributed by atoms with van der Waals surface area (Å²) in [7, 11) is 1.71. The summed E-state index contributed by atoms with van der Waals surface area (Å²) in [5.74, 6) is 3.69. The van der Waals surface area contributed by atoms with Gasteiger partial charge in [0.1, 0.15) is 5.69 Å². The van der Waals surface area contributed by atoms with Gasteiger partial charge in [0.05, 0.1) is 17.8 Å². The maximum absolute atomic E-state index is 6.50. The Labute approximate surface area is 195 Å². The van der Waals surface area contributed by atoms with Gasteiger partial charge in [-0.1, -0.05) is 57.6 Å². The summed E-state index contributed by atoms with van der Waals surface area (Å²) in [4.78, 5) is 8.38. The number of hydrogen-bond acceptors (Lipinski definition) is 3. The molecule has 0 spiro atoms. The van der Waals surface area contributed by atoms with Crippen molar-refractivity contribution >= 4 is 22.9 Å². The first-order valence-electron chi connectivity index (χ1n) is 12.1. The monoisotopic (exact) mass is 452 g/mol. The third kappa shape index (κ3) is 3.77. The number of aliphatic imine (C=N–C) groups is 1. The summed E-state index contributed by atoms with van der Waals surface area (Å²) in [5.41, 5.74) is 5.80. The van der Waals surface area contributed by atoms with E-state index in [1.165, 1.54) is 55.4 Å². The second-order valence-corrected chi connectivity index (χ2v) is 10.1. The summed E-state index contributed by atoms with van der Waals surface area (Å²) in [5, 5.41) is 0.647. The molecular formula is C27H33ClN2O2. The number of methoxy groups -OCH3 is 1. The summed E-state index contributed by atoms with van der Waals surface area (Å²) in [6.07, 6.45) is 14.2. The number of rotatable bonds is 4. The van der Waals surface area contributed by atoms with Gasteiger partial charge in [-0.3, -0.25) is 4.99 Å². The number of nitrogens with one attached hydrogen (secondary N) is 1. The van der Waals surface area contributed by atoms with Crippen molar-refractivity contribution in [2.75, 3.05) is 7.11 Å². The average molecular weight is 453 g/mol. The molecule has 5 heteroatoms. The molecule has 32 heavy (non-hydrogen) atoms. The molecule has 2 aliphatic heterocycles. The van der Waals surface area contributed by atoms with Crippen LogP contribution in [0.4, 0.5) is 0 Å². The van der Waals surface area contributed by atoms with Crippen LogP contribution in [0.15, 0.2) is 45.1 Å². The zero-order chi connectivity index (χ0) is 22.2. The van der Waals surface area contributed by atoms with E-state index in [-0.39, 0.29) is 0 Å². The normalized spacial score (nSPS) is 23.8. The highest BCUT2D eigenvalue weighted by atomic mass is 35.5. The second kappa shape index (κ2) is 8.97. The van der Waals surface area contributed by atoms with Crippen LogP contribution in [0.5, 0.6) is 5.75 Å². The van der Waals surface area contributed by atoms with Crippen LogP contribution in [0, 0.1) is 17.8 Å².